The molecule has 0 saturated heterocycles. The minimum atomic E-state index is -0.506. The van der Waals surface area contributed by atoms with Gasteiger partial charge < -0.3 is 14.0 Å². The quantitative estimate of drug-likeness (QED) is 0.582. The Morgan fingerprint density at radius 2 is 1.63 bits per heavy atom. The molecular weight excluding hydrogens is 386 g/mol. The van der Waals surface area contributed by atoms with Gasteiger partial charge in [-0.1, -0.05) is 35.5 Å². The molecule has 30 heavy (non-hydrogen) atoms. The van der Waals surface area contributed by atoms with Crippen molar-refractivity contribution in [2.45, 2.75) is 27.4 Å². The van der Waals surface area contributed by atoms with E-state index in [0.29, 0.717) is 17.3 Å². The van der Waals surface area contributed by atoms with Crippen molar-refractivity contribution in [1.29, 1.82) is 0 Å². The molecule has 0 bridgehead atoms. The smallest absolute Gasteiger partial charge is 0.276 e. The fraction of sp³-hybridized carbons (Fsp3) is 0.227. The molecule has 0 fully saturated rings. The molecule has 0 atom stereocenters. The van der Waals surface area contributed by atoms with Gasteiger partial charge in [-0.2, -0.15) is 0 Å². The number of hydrazine groups is 1. The molecular formula is C22H23N3O5. The average molecular weight is 409 g/mol. The van der Waals surface area contributed by atoms with Crippen molar-refractivity contribution < 1.29 is 23.6 Å². The topological polar surface area (TPSA) is 103 Å². The van der Waals surface area contributed by atoms with E-state index in [0.717, 1.165) is 16.8 Å². The maximum absolute atomic E-state index is 12.5. The first-order valence-corrected chi connectivity index (χ1v) is 9.37. The van der Waals surface area contributed by atoms with Crippen LogP contribution in [0.5, 0.6) is 11.5 Å². The molecule has 0 unspecified atom stereocenters. The van der Waals surface area contributed by atoms with Crippen LogP contribution >= 0.6 is 0 Å². The predicted molar refractivity (Wildman–Crippen MR) is 109 cm³/mol. The Morgan fingerprint density at radius 1 is 0.933 bits per heavy atom. The highest BCUT2D eigenvalue weighted by molar-refractivity contribution is 5.97. The van der Waals surface area contributed by atoms with Crippen LogP contribution in [-0.2, 0) is 11.4 Å². The lowest BCUT2D eigenvalue weighted by Gasteiger charge is -2.13. The third kappa shape index (κ3) is 5.16. The van der Waals surface area contributed by atoms with E-state index >= 15 is 0 Å². The second-order valence-corrected chi connectivity index (χ2v) is 6.64. The molecule has 0 spiro atoms. The number of benzene rings is 2. The lowest BCUT2D eigenvalue weighted by molar-refractivity contribution is -0.123. The standard InChI is InChI=1S/C22H23N3O5/c1-14-8-4-6-10-19(14)29-13-21(26)23-24-22(27)17-9-5-7-11-20(17)28-12-18-15(2)25-30-16(18)3/h4-11H,12-13H2,1-3H3,(H,23,26)(H,24,27). The van der Waals surface area contributed by atoms with E-state index in [9.17, 15) is 9.59 Å². The van der Waals surface area contributed by atoms with Crippen molar-refractivity contribution in [1.82, 2.24) is 16.0 Å². The maximum atomic E-state index is 12.5. The van der Waals surface area contributed by atoms with Crippen LogP contribution in [0.15, 0.2) is 53.1 Å². The van der Waals surface area contributed by atoms with Gasteiger partial charge in [-0.25, -0.2) is 0 Å². The SMILES string of the molecule is Cc1ccccc1OCC(=O)NNC(=O)c1ccccc1OCc1c(C)noc1C. The Balaban J connectivity index is 1.55. The Hall–Kier alpha value is -3.81. The fourth-order valence-corrected chi connectivity index (χ4v) is 2.73. The molecule has 1 aromatic heterocycles. The molecule has 0 saturated carbocycles. The van der Waals surface area contributed by atoms with E-state index < -0.39 is 11.8 Å². The van der Waals surface area contributed by atoms with Crippen LogP contribution in [0.2, 0.25) is 0 Å². The Morgan fingerprint density at radius 3 is 2.33 bits per heavy atom. The number of nitrogens with zero attached hydrogens (tertiary/aromatic N) is 1. The number of carbonyl (C=O) groups is 2. The summed E-state index contributed by atoms with van der Waals surface area (Å²) in [6.07, 6.45) is 0. The summed E-state index contributed by atoms with van der Waals surface area (Å²) in [7, 11) is 0. The maximum Gasteiger partial charge on any atom is 0.276 e. The number of aryl methyl sites for hydroxylation is 3. The summed E-state index contributed by atoms with van der Waals surface area (Å²) < 4.78 is 16.4. The van der Waals surface area contributed by atoms with Crippen molar-refractivity contribution in [2.75, 3.05) is 6.61 Å². The number of hydrogen-bond donors (Lipinski definition) is 2. The summed E-state index contributed by atoms with van der Waals surface area (Å²) in [5, 5.41) is 3.89. The van der Waals surface area contributed by atoms with Crippen LogP contribution in [0.3, 0.4) is 0 Å². The molecule has 8 nitrogen and oxygen atoms in total. The first kappa shape index (κ1) is 20.9. The number of carbonyl (C=O) groups excluding carboxylic acids is 2. The summed E-state index contributed by atoms with van der Waals surface area (Å²) in [4.78, 5) is 24.5. The van der Waals surface area contributed by atoms with E-state index in [-0.39, 0.29) is 18.8 Å². The van der Waals surface area contributed by atoms with Crippen molar-refractivity contribution in [3.05, 3.63) is 76.7 Å². The van der Waals surface area contributed by atoms with Gasteiger partial charge in [0.2, 0.25) is 0 Å². The van der Waals surface area contributed by atoms with E-state index in [1.165, 1.54) is 0 Å². The highest BCUT2D eigenvalue weighted by Gasteiger charge is 2.15. The zero-order valence-corrected chi connectivity index (χ0v) is 17.0. The zero-order valence-electron chi connectivity index (χ0n) is 17.0. The molecule has 2 amide bonds. The van der Waals surface area contributed by atoms with Gasteiger partial charge in [-0.05, 0) is 44.5 Å². The normalized spacial score (nSPS) is 10.4. The van der Waals surface area contributed by atoms with Crippen LogP contribution in [0.1, 0.15) is 32.9 Å². The van der Waals surface area contributed by atoms with Crippen LogP contribution in [-0.4, -0.2) is 23.6 Å². The lowest BCUT2D eigenvalue weighted by atomic mass is 10.2. The van der Waals surface area contributed by atoms with Gasteiger partial charge in [0.15, 0.2) is 6.61 Å². The van der Waals surface area contributed by atoms with Gasteiger partial charge in [0, 0.05) is 0 Å². The van der Waals surface area contributed by atoms with Crippen LogP contribution in [0, 0.1) is 20.8 Å². The molecule has 3 rings (SSSR count). The molecule has 2 N–H and O–H groups in total. The van der Waals surface area contributed by atoms with Crippen molar-refractivity contribution in [2.24, 2.45) is 0 Å². The van der Waals surface area contributed by atoms with Crippen LogP contribution < -0.4 is 20.3 Å². The zero-order chi connectivity index (χ0) is 21.5. The minimum Gasteiger partial charge on any atom is -0.488 e. The summed E-state index contributed by atoms with van der Waals surface area (Å²) in [6, 6.07) is 14.1. The molecule has 3 aromatic rings. The predicted octanol–water partition coefficient (Wildman–Crippen LogP) is 3.02. The Bertz CT molecular complexity index is 1030. The minimum absolute atomic E-state index is 0.210. The van der Waals surface area contributed by atoms with Crippen molar-refractivity contribution in [3.8, 4) is 11.5 Å². The van der Waals surface area contributed by atoms with Crippen LogP contribution in [0.4, 0.5) is 0 Å². The molecule has 1 heterocycles. The Kier molecular flexibility index (Phi) is 6.69. The number of hydrogen-bond acceptors (Lipinski definition) is 6. The highest BCUT2D eigenvalue weighted by atomic mass is 16.5. The largest absolute Gasteiger partial charge is 0.488 e. The monoisotopic (exact) mass is 409 g/mol. The second kappa shape index (κ2) is 9.60. The van der Waals surface area contributed by atoms with Gasteiger partial charge >= 0.3 is 0 Å². The summed E-state index contributed by atoms with van der Waals surface area (Å²) in [5.41, 5.74) is 7.47. The number of rotatable bonds is 7. The number of aromatic nitrogens is 1. The lowest BCUT2D eigenvalue weighted by Crippen LogP contribution is -2.44. The molecule has 8 heteroatoms. The average Bonchev–Trinajstić information content (AvgIpc) is 3.07. The van der Waals surface area contributed by atoms with Crippen LogP contribution in [0.25, 0.3) is 0 Å². The van der Waals surface area contributed by atoms with Crippen molar-refractivity contribution >= 4 is 11.8 Å². The molecule has 0 radical (unpaired) electrons. The Labute approximate surface area is 174 Å². The van der Waals surface area contributed by atoms with E-state index in [1.807, 2.05) is 32.0 Å². The van der Waals surface area contributed by atoms with E-state index in [2.05, 4.69) is 16.0 Å². The third-order valence-corrected chi connectivity index (χ3v) is 4.45. The van der Waals surface area contributed by atoms with E-state index in [1.54, 1.807) is 37.3 Å². The number of ether oxygens (including phenoxy) is 2. The third-order valence-electron chi connectivity index (χ3n) is 4.45. The highest BCUT2D eigenvalue weighted by Crippen LogP contribution is 2.21. The fourth-order valence-electron chi connectivity index (χ4n) is 2.73. The van der Waals surface area contributed by atoms with Gasteiger partial charge in [-0.3, -0.25) is 20.4 Å². The molecule has 156 valence electrons. The summed E-state index contributed by atoms with van der Waals surface area (Å²) in [5.74, 6) is 0.655. The van der Waals surface area contributed by atoms with Gasteiger partial charge in [-0.15, -0.1) is 0 Å². The van der Waals surface area contributed by atoms with Gasteiger partial charge in [0.1, 0.15) is 23.9 Å². The molecule has 0 aliphatic carbocycles. The number of amides is 2. The van der Waals surface area contributed by atoms with Crippen molar-refractivity contribution in [3.63, 3.8) is 0 Å². The van der Waals surface area contributed by atoms with E-state index in [4.69, 9.17) is 14.0 Å². The number of nitrogens with one attached hydrogen (secondary N) is 2. The second-order valence-electron chi connectivity index (χ2n) is 6.64. The molecule has 0 aliphatic heterocycles. The van der Waals surface area contributed by atoms with Gasteiger partial charge in [0.05, 0.1) is 16.8 Å². The summed E-state index contributed by atoms with van der Waals surface area (Å²) >= 11 is 0. The first-order valence-electron chi connectivity index (χ1n) is 9.37. The molecule has 2 aromatic carbocycles. The molecule has 0 aliphatic rings. The van der Waals surface area contributed by atoms with Gasteiger partial charge in [0.25, 0.3) is 11.8 Å². The first-order chi connectivity index (χ1) is 14.5. The summed E-state index contributed by atoms with van der Waals surface area (Å²) in [6.45, 7) is 5.49. The number of para-hydroxylation sites is 2.